The highest BCUT2D eigenvalue weighted by molar-refractivity contribution is 8.14. The number of carbonyl (C=O) groups excluding carboxylic acids is 3. The van der Waals surface area contributed by atoms with E-state index in [4.69, 9.17) is 33.7 Å². The fourth-order valence-corrected chi connectivity index (χ4v) is 9.41. The minimum Gasteiger partial charge on any atom is -0.464 e. The number of ether oxygens (including phenoxy) is 5. The zero-order valence-corrected chi connectivity index (χ0v) is 36.3. The van der Waals surface area contributed by atoms with Crippen LogP contribution in [-0.2, 0) is 46.2 Å². The molecule has 1 unspecified atom stereocenters. The molecule has 15 heteroatoms. The zero-order chi connectivity index (χ0) is 41.9. The Hall–Kier alpha value is -4.02. The van der Waals surface area contributed by atoms with Crippen molar-refractivity contribution in [2.24, 2.45) is 10.4 Å². The second-order valence-electron chi connectivity index (χ2n) is 17.8. The summed E-state index contributed by atoms with van der Waals surface area (Å²) in [5.41, 5.74) is 7.96. The lowest BCUT2D eigenvalue weighted by Crippen LogP contribution is -2.60. The first-order valence-corrected chi connectivity index (χ1v) is 21.9. The van der Waals surface area contributed by atoms with Crippen LogP contribution < -0.4 is 10.7 Å². The number of hydrogen-bond donors (Lipinski definition) is 2. The van der Waals surface area contributed by atoms with Gasteiger partial charge in [0.15, 0.2) is 0 Å². The van der Waals surface area contributed by atoms with Gasteiger partial charge >= 0.3 is 12.1 Å². The van der Waals surface area contributed by atoms with Crippen LogP contribution in [0.25, 0.3) is 22.2 Å². The van der Waals surface area contributed by atoms with Crippen LogP contribution in [0.1, 0.15) is 103 Å². The van der Waals surface area contributed by atoms with Crippen molar-refractivity contribution in [1.82, 2.24) is 25.3 Å². The van der Waals surface area contributed by atoms with Crippen molar-refractivity contribution >= 4 is 45.7 Å². The number of nitrogens with zero attached hydrogens (tertiary/aromatic N) is 4. The molecule has 14 nitrogen and oxygen atoms in total. The largest absolute Gasteiger partial charge is 0.464 e. The van der Waals surface area contributed by atoms with E-state index in [-0.39, 0.29) is 37.2 Å². The lowest BCUT2D eigenvalue weighted by molar-refractivity contribution is -0.155. The van der Waals surface area contributed by atoms with Gasteiger partial charge in [0.2, 0.25) is 0 Å². The third-order valence-electron chi connectivity index (χ3n) is 11.3. The first-order chi connectivity index (χ1) is 28.2. The molecule has 2 fully saturated rings. The van der Waals surface area contributed by atoms with E-state index < -0.39 is 35.2 Å². The molecule has 2 aromatic heterocycles. The number of cyclic esters (lactones) is 1. The van der Waals surface area contributed by atoms with Crippen molar-refractivity contribution in [3.8, 4) is 11.3 Å². The van der Waals surface area contributed by atoms with Crippen molar-refractivity contribution in [3.63, 3.8) is 0 Å². The van der Waals surface area contributed by atoms with Gasteiger partial charge in [0.25, 0.3) is 5.91 Å². The molecule has 0 aliphatic carbocycles. The summed E-state index contributed by atoms with van der Waals surface area (Å²) in [4.78, 5) is 51.0. The van der Waals surface area contributed by atoms with Gasteiger partial charge in [-0.2, -0.15) is 0 Å². The van der Waals surface area contributed by atoms with E-state index in [0.29, 0.717) is 57.9 Å². The van der Waals surface area contributed by atoms with E-state index in [1.165, 1.54) is 5.01 Å². The summed E-state index contributed by atoms with van der Waals surface area (Å²) in [7, 11) is 1.70. The number of hydrogen-bond acceptors (Lipinski definition) is 12. The third kappa shape index (κ3) is 10.3. The number of esters is 1. The lowest BCUT2D eigenvalue weighted by atomic mass is 9.84. The normalized spacial score (nSPS) is 23.7. The van der Waals surface area contributed by atoms with Gasteiger partial charge in [-0.1, -0.05) is 19.9 Å². The van der Waals surface area contributed by atoms with Crippen LogP contribution in [0.4, 0.5) is 4.79 Å². The third-order valence-corrected chi connectivity index (χ3v) is 12.4. The maximum atomic E-state index is 14.1. The summed E-state index contributed by atoms with van der Waals surface area (Å²) in [6, 6.07) is 8.81. The Morgan fingerprint density at radius 3 is 2.71 bits per heavy atom. The van der Waals surface area contributed by atoms with E-state index in [2.05, 4.69) is 53.4 Å². The molecular weight excluding hydrogens is 773 g/mol. The molecule has 7 rings (SSSR count). The number of aliphatic imine (C=N–C) groups is 1. The van der Waals surface area contributed by atoms with Gasteiger partial charge in [-0.3, -0.25) is 24.6 Å². The molecule has 4 aliphatic heterocycles. The molecule has 59 heavy (non-hydrogen) atoms. The Balaban J connectivity index is 1.33. The monoisotopic (exact) mass is 832 g/mol. The highest BCUT2D eigenvalue weighted by atomic mass is 32.2. The minimum absolute atomic E-state index is 0.152. The Bertz CT molecular complexity index is 2040. The summed E-state index contributed by atoms with van der Waals surface area (Å²) in [5, 5.41) is 6.10. The van der Waals surface area contributed by atoms with Gasteiger partial charge in [0.1, 0.15) is 17.7 Å². The molecule has 4 atom stereocenters. The highest BCUT2D eigenvalue weighted by Crippen LogP contribution is 2.43. The predicted octanol–water partition coefficient (Wildman–Crippen LogP) is 6.70. The Labute approximate surface area is 351 Å². The molecule has 1 aromatic carbocycles. The SMILES string of the molecule is CO[C@@H](C)c1ncccc1-c1c2c3cc(ccc3n1CCOC1CCOCC1)C1CSC(=N1)C[C@H](NC(=O)OC(C)(C)C)C(=O)N1CCC[C@H](N1)C(=O)OCC(C)(C)C2. The van der Waals surface area contributed by atoms with Crippen LogP contribution in [-0.4, -0.2) is 107 Å². The van der Waals surface area contributed by atoms with Gasteiger partial charge in [0.05, 0.1) is 47.9 Å². The minimum atomic E-state index is -0.966. The number of methoxy groups -OCH3 is 1. The van der Waals surface area contributed by atoms with Crippen LogP contribution >= 0.6 is 11.8 Å². The average molecular weight is 833 g/mol. The number of benzene rings is 1. The molecule has 0 saturated carbocycles. The first kappa shape index (κ1) is 43.1. The molecule has 0 spiro atoms. The number of thioether (sulfide) groups is 1. The number of carbonyl (C=O) groups is 3. The smallest absolute Gasteiger partial charge is 0.408 e. The molecule has 3 aromatic rings. The Morgan fingerprint density at radius 2 is 1.95 bits per heavy atom. The Kier molecular flexibility index (Phi) is 13.4. The molecule has 2 N–H and O–H groups in total. The summed E-state index contributed by atoms with van der Waals surface area (Å²) < 4.78 is 32.0. The van der Waals surface area contributed by atoms with E-state index in [1.54, 1.807) is 45.8 Å². The fourth-order valence-electron chi connectivity index (χ4n) is 8.30. The molecule has 6 bridgehead atoms. The number of alkyl carbamates (subject to hydrolysis) is 1. The number of rotatable bonds is 8. The summed E-state index contributed by atoms with van der Waals surface area (Å²) in [6.07, 6.45) is 4.63. The standard InChI is InChI=1S/C44H60N6O8S/c1-27(54-7)38-30(10-8-16-45-38)39-32-24-44(5,6)26-57-41(52)33-11-9-17-50(48-33)40(51)34(47-42(53)58-43(2,3)4)23-37-46-35(25-59-37)28-12-13-36(31(32)22-28)49(39)18-21-56-29-14-19-55-20-15-29/h8,10,12-13,16,22,27,29,33-35,48H,9,11,14-15,17-21,23-26H2,1-7H3,(H,47,53)/t27-,33-,34-,35?/m0/s1. The van der Waals surface area contributed by atoms with E-state index >= 15 is 0 Å². The number of fused-ring (bicyclic) bond motifs is 5. The van der Waals surface area contributed by atoms with Gasteiger partial charge in [-0.05, 0) is 95.2 Å². The molecule has 320 valence electrons. The van der Waals surface area contributed by atoms with E-state index in [1.807, 2.05) is 13.0 Å². The quantitative estimate of drug-likeness (QED) is 0.233. The van der Waals surface area contributed by atoms with Crippen LogP contribution in [0.3, 0.4) is 0 Å². The molecule has 4 aliphatic rings. The van der Waals surface area contributed by atoms with Crippen LogP contribution in [0.15, 0.2) is 41.5 Å². The van der Waals surface area contributed by atoms with Crippen molar-refractivity contribution in [1.29, 1.82) is 0 Å². The van der Waals surface area contributed by atoms with E-state index in [9.17, 15) is 14.4 Å². The number of hydrazine groups is 1. The average Bonchev–Trinajstić information content (AvgIpc) is 3.80. The number of pyridine rings is 1. The van der Waals surface area contributed by atoms with Crippen LogP contribution in [0.5, 0.6) is 0 Å². The lowest BCUT2D eigenvalue weighted by Gasteiger charge is -2.35. The van der Waals surface area contributed by atoms with Crippen LogP contribution in [0.2, 0.25) is 0 Å². The Morgan fingerprint density at radius 1 is 1.15 bits per heavy atom. The van der Waals surface area contributed by atoms with Gasteiger partial charge in [-0.15, -0.1) is 11.8 Å². The number of nitrogens with one attached hydrogen (secondary N) is 2. The second kappa shape index (κ2) is 18.3. The number of aromatic nitrogens is 2. The van der Waals surface area contributed by atoms with Crippen LogP contribution in [0, 0.1) is 5.41 Å². The maximum absolute atomic E-state index is 14.1. The van der Waals surface area contributed by atoms with Crippen molar-refractivity contribution in [2.45, 2.75) is 123 Å². The van der Waals surface area contributed by atoms with Gasteiger partial charge < -0.3 is 33.6 Å². The second-order valence-corrected chi connectivity index (χ2v) is 18.9. The summed E-state index contributed by atoms with van der Waals surface area (Å²) >= 11 is 1.59. The van der Waals surface area contributed by atoms with Crippen molar-refractivity contribution in [2.75, 3.05) is 45.8 Å². The molecular formula is C44H60N6O8S. The molecule has 0 radical (unpaired) electrons. The fraction of sp³-hybridized carbons (Fsp3) is 0.614. The topological polar surface area (TPSA) is 155 Å². The number of amides is 2. The summed E-state index contributed by atoms with van der Waals surface area (Å²) in [6.45, 7) is 14.7. The molecule has 2 amide bonds. The van der Waals surface area contributed by atoms with Crippen molar-refractivity contribution in [3.05, 3.63) is 53.3 Å². The van der Waals surface area contributed by atoms with Gasteiger partial charge in [-0.25, -0.2) is 10.2 Å². The maximum Gasteiger partial charge on any atom is 0.408 e. The zero-order valence-electron chi connectivity index (χ0n) is 35.5. The highest BCUT2D eigenvalue weighted by Gasteiger charge is 2.37. The first-order valence-electron chi connectivity index (χ1n) is 21.0. The van der Waals surface area contributed by atoms with Gasteiger partial charge in [0, 0.05) is 73.7 Å². The molecule has 2 saturated heterocycles. The predicted molar refractivity (Wildman–Crippen MR) is 227 cm³/mol. The van der Waals surface area contributed by atoms with E-state index in [0.717, 1.165) is 56.9 Å². The molecule has 6 heterocycles. The summed E-state index contributed by atoms with van der Waals surface area (Å²) in [5.74, 6) is -0.100. The van der Waals surface area contributed by atoms with Crippen molar-refractivity contribution < 1.29 is 38.1 Å².